The fraction of sp³-hybridized carbons (Fsp3) is 0. The Labute approximate surface area is 318 Å². The van der Waals surface area contributed by atoms with Crippen molar-refractivity contribution in [3.63, 3.8) is 0 Å². The van der Waals surface area contributed by atoms with Crippen molar-refractivity contribution < 1.29 is 8.83 Å². The van der Waals surface area contributed by atoms with Gasteiger partial charge in [0.15, 0.2) is 5.58 Å². The first-order valence-electron chi connectivity index (χ1n) is 18.5. The molecule has 0 aliphatic carbocycles. The Hall–Kier alpha value is -8.06. The van der Waals surface area contributed by atoms with Crippen molar-refractivity contribution in [2.75, 3.05) is 0 Å². The van der Waals surface area contributed by atoms with Gasteiger partial charge < -0.3 is 18.0 Å². The largest absolute Gasteiger partial charge is 0.456 e. The molecule has 12 rings (SSSR count). The number of rotatable bonds is 3. The number of nitrogens with zero attached hydrogens (tertiary/aromatic N) is 4. The molecule has 0 fully saturated rings. The second kappa shape index (κ2) is 11.2. The molecule has 4 aromatic heterocycles. The van der Waals surface area contributed by atoms with Gasteiger partial charge in [-0.05, 0) is 48.5 Å². The first-order valence-corrected chi connectivity index (χ1v) is 18.5. The summed E-state index contributed by atoms with van der Waals surface area (Å²) in [6.45, 7) is 0. The normalized spacial score (nSPS) is 11.9. The van der Waals surface area contributed by atoms with Gasteiger partial charge in [-0.15, -0.1) is 0 Å². The van der Waals surface area contributed by atoms with E-state index in [1.54, 1.807) is 0 Å². The van der Waals surface area contributed by atoms with Crippen molar-refractivity contribution in [3.05, 3.63) is 169 Å². The third-order valence-electron chi connectivity index (χ3n) is 11.4. The van der Waals surface area contributed by atoms with E-state index in [0.717, 1.165) is 104 Å². The van der Waals surface area contributed by atoms with Crippen molar-refractivity contribution in [3.8, 4) is 34.6 Å². The van der Waals surface area contributed by atoms with Crippen LogP contribution in [0.2, 0.25) is 0 Å². The summed E-state index contributed by atoms with van der Waals surface area (Å²) >= 11 is 0. The van der Waals surface area contributed by atoms with E-state index >= 15 is 0 Å². The fourth-order valence-corrected chi connectivity index (χ4v) is 9.08. The highest BCUT2D eigenvalue weighted by Gasteiger charge is 2.26. The zero-order valence-corrected chi connectivity index (χ0v) is 29.6. The number of benzene rings is 8. The molecule has 4 heterocycles. The molecule has 0 aliphatic rings. The molecule has 6 nitrogen and oxygen atoms in total. The van der Waals surface area contributed by atoms with Gasteiger partial charge in [0.25, 0.3) is 0 Å². The van der Waals surface area contributed by atoms with Crippen molar-refractivity contribution in [2.45, 2.75) is 0 Å². The number of furan rings is 2. The van der Waals surface area contributed by atoms with Crippen molar-refractivity contribution >= 4 is 87.5 Å². The number of nitriles is 2. The van der Waals surface area contributed by atoms with E-state index < -0.39 is 0 Å². The Balaban J connectivity index is 1.23. The quantitative estimate of drug-likeness (QED) is 0.182. The molecule has 0 radical (unpaired) electrons. The van der Waals surface area contributed by atoms with Gasteiger partial charge in [-0.3, -0.25) is 0 Å². The van der Waals surface area contributed by atoms with Gasteiger partial charge in [-0.25, -0.2) is 0 Å². The Morgan fingerprint density at radius 2 is 0.911 bits per heavy atom. The van der Waals surface area contributed by atoms with Crippen LogP contribution in [0.15, 0.2) is 167 Å². The SMILES string of the molecule is N#Cc1cccc(-c2cccc(C#N)c2-n2c3ccccc3c3ccc4c5ccccc5oc4c32)c1-n1c2ccccc2c2cc3c(cc21)oc1ccccc13. The van der Waals surface area contributed by atoms with Crippen LogP contribution < -0.4 is 0 Å². The van der Waals surface area contributed by atoms with Crippen LogP contribution in [0.1, 0.15) is 11.1 Å². The Morgan fingerprint density at radius 1 is 0.375 bits per heavy atom. The van der Waals surface area contributed by atoms with Crippen LogP contribution >= 0.6 is 0 Å². The minimum absolute atomic E-state index is 0.498. The third kappa shape index (κ3) is 3.97. The number of para-hydroxylation sites is 6. The first kappa shape index (κ1) is 30.4. The number of hydrogen-bond acceptors (Lipinski definition) is 4. The molecular weight excluding hydrogens is 689 g/mol. The van der Waals surface area contributed by atoms with Crippen LogP contribution in [0.25, 0.3) is 110 Å². The molecule has 0 unspecified atom stereocenters. The topological polar surface area (TPSA) is 83.7 Å². The molecule has 6 heteroatoms. The zero-order chi connectivity index (χ0) is 37.1. The molecule has 0 N–H and O–H groups in total. The summed E-state index contributed by atoms with van der Waals surface area (Å²) < 4.78 is 17.5. The third-order valence-corrected chi connectivity index (χ3v) is 11.4. The molecular formula is C50H26N4O2. The Bertz CT molecular complexity index is 3750. The lowest BCUT2D eigenvalue weighted by molar-refractivity contribution is 0.669. The minimum atomic E-state index is 0.498. The molecule has 56 heavy (non-hydrogen) atoms. The lowest BCUT2D eigenvalue weighted by Crippen LogP contribution is -2.05. The average molecular weight is 715 g/mol. The molecule has 0 spiro atoms. The highest BCUT2D eigenvalue weighted by atomic mass is 16.3. The summed E-state index contributed by atoms with van der Waals surface area (Å²) in [7, 11) is 0. The highest BCUT2D eigenvalue weighted by molar-refractivity contribution is 6.22. The van der Waals surface area contributed by atoms with Crippen molar-refractivity contribution in [1.29, 1.82) is 10.5 Å². The molecule has 0 atom stereocenters. The van der Waals surface area contributed by atoms with Crippen LogP contribution in [0, 0.1) is 22.7 Å². The standard InChI is InChI=1S/C50H26N4O2/c51-27-29-11-9-17-35(47(29)53-41-19-5-2-14-32(41)39-25-40-34-16-4-7-21-44(34)55-46(40)26-43(39)53)36-18-10-12-30(28-52)48(36)54-42-20-6-1-13-31(42)37-23-24-38-33-15-3-8-22-45(33)56-50(38)49(37)54/h1-26H. The van der Waals surface area contributed by atoms with Crippen LogP contribution in [-0.2, 0) is 0 Å². The van der Waals surface area contributed by atoms with Crippen molar-refractivity contribution in [2.24, 2.45) is 0 Å². The predicted molar refractivity (Wildman–Crippen MR) is 225 cm³/mol. The summed E-state index contributed by atoms with van der Waals surface area (Å²) in [5.41, 5.74) is 10.9. The van der Waals surface area contributed by atoms with Gasteiger partial charge in [-0.2, -0.15) is 10.5 Å². The van der Waals surface area contributed by atoms with Crippen molar-refractivity contribution in [1.82, 2.24) is 9.13 Å². The molecule has 12 aromatic rings. The molecule has 0 saturated heterocycles. The van der Waals surface area contributed by atoms with Gasteiger partial charge in [0.1, 0.15) is 28.9 Å². The van der Waals surface area contributed by atoms with E-state index in [4.69, 9.17) is 8.83 Å². The molecule has 0 amide bonds. The molecule has 8 aromatic carbocycles. The molecule has 0 aliphatic heterocycles. The van der Waals surface area contributed by atoms with Crippen LogP contribution in [0.3, 0.4) is 0 Å². The molecule has 0 saturated carbocycles. The number of hydrogen-bond donors (Lipinski definition) is 0. The second-order valence-corrected chi connectivity index (χ2v) is 14.2. The Morgan fingerprint density at radius 3 is 1.59 bits per heavy atom. The first-order chi connectivity index (χ1) is 27.7. The summed E-state index contributed by atoms with van der Waals surface area (Å²) in [4.78, 5) is 0. The van der Waals surface area contributed by atoms with Crippen LogP contribution in [0.4, 0.5) is 0 Å². The summed E-state index contributed by atoms with van der Waals surface area (Å²) in [6, 6.07) is 58.2. The molecule has 258 valence electrons. The highest BCUT2D eigenvalue weighted by Crippen LogP contribution is 2.46. The van der Waals surface area contributed by atoms with E-state index in [1.807, 2.05) is 78.9 Å². The van der Waals surface area contributed by atoms with E-state index in [9.17, 15) is 10.5 Å². The maximum Gasteiger partial charge on any atom is 0.160 e. The molecule has 0 bridgehead atoms. The van der Waals surface area contributed by atoms with E-state index in [-0.39, 0.29) is 0 Å². The van der Waals surface area contributed by atoms with E-state index in [0.29, 0.717) is 16.8 Å². The van der Waals surface area contributed by atoms with Gasteiger partial charge in [0, 0.05) is 60.3 Å². The number of fused-ring (bicyclic) bond motifs is 13. The van der Waals surface area contributed by atoms with E-state index in [1.165, 1.54) is 0 Å². The lowest BCUT2D eigenvalue weighted by atomic mass is 9.95. The van der Waals surface area contributed by atoms with E-state index in [2.05, 4.69) is 100 Å². The monoisotopic (exact) mass is 714 g/mol. The van der Waals surface area contributed by atoms with Gasteiger partial charge in [-0.1, -0.05) is 103 Å². The maximum absolute atomic E-state index is 10.9. The van der Waals surface area contributed by atoms with Crippen LogP contribution in [-0.4, -0.2) is 9.13 Å². The lowest BCUT2D eigenvalue weighted by Gasteiger charge is -2.20. The van der Waals surface area contributed by atoms with Crippen LogP contribution in [0.5, 0.6) is 0 Å². The van der Waals surface area contributed by atoms with Gasteiger partial charge in [0.2, 0.25) is 0 Å². The smallest absolute Gasteiger partial charge is 0.160 e. The van der Waals surface area contributed by atoms with Gasteiger partial charge in [0.05, 0.1) is 44.6 Å². The zero-order valence-electron chi connectivity index (χ0n) is 29.6. The summed E-state index contributed by atoms with van der Waals surface area (Å²) in [5.74, 6) is 0. The minimum Gasteiger partial charge on any atom is -0.456 e. The second-order valence-electron chi connectivity index (χ2n) is 14.2. The maximum atomic E-state index is 10.9. The number of aromatic nitrogens is 2. The van der Waals surface area contributed by atoms with Gasteiger partial charge >= 0.3 is 0 Å². The summed E-state index contributed by atoms with van der Waals surface area (Å²) in [5, 5.41) is 30.1. The Kier molecular flexibility index (Phi) is 6.10. The predicted octanol–water partition coefficient (Wildman–Crippen LogP) is 13.1. The summed E-state index contributed by atoms with van der Waals surface area (Å²) in [6.07, 6.45) is 0. The fourth-order valence-electron chi connectivity index (χ4n) is 9.08. The average Bonchev–Trinajstić information content (AvgIpc) is 3.99.